The molecule has 5 aromatic rings. The van der Waals surface area contributed by atoms with Crippen molar-refractivity contribution in [3.8, 4) is 5.75 Å². The number of ether oxygens (including phenoxy) is 1. The Morgan fingerprint density at radius 1 is 1.03 bits per heavy atom. The van der Waals surface area contributed by atoms with Crippen molar-refractivity contribution in [2.75, 3.05) is 4.90 Å². The van der Waals surface area contributed by atoms with Crippen LogP contribution < -0.4 is 15.1 Å². The van der Waals surface area contributed by atoms with Crippen molar-refractivity contribution in [1.82, 2.24) is 4.98 Å². The molecule has 1 amide bonds. The van der Waals surface area contributed by atoms with Gasteiger partial charge in [0.1, 0.15) is 17.9 Å². The van der Waals surface area contributed by atoms with Crippen LogP contribution in [0.2, 0.25) is 5.02 Å². The molecule has 0 radical (unpaired) electrons. The van der Waals surface area contributed by atoms with Crippen LogP contribution in [-0.4, -0.2) is 10.9 Å². The first kappa shape index (κ1) is 23.5. The van der Waals surface area contributed by atoms with E-state index in [9.17, 15) is 9.59 Å². The van der Waals surface area contributed by atoms with Gasteiger partial charge in [-0.1, -0.05) is 54.1 Å². The first-order chi connectivity index (χ1) is 17.9. The molecule has 0 bridgehead atoms. The van der Waals surface area contributed by atoms with Gasteiger partial charge in [-0.3, -0.25) is 14.5 Å². The lowest BCUT2D eigenvalue weighted by Crippen LogP contribution is -2.29. The molecular weight excluding hydrogens is 508 g/mol. The first-order valence-corrected chi connectivity index (χ1v) is 12.9. The average molecular weight is 529 g/mol. The molecule has 1 aliphatic heterocycles. The van der Waals surface area contributed by atoms with Gasteiger partial charge < -0.3 is 9.15 Å². The molecule has 1 unspecified atom stereocenters. The van der Waals surface area contributed by atoms with Crippen molar-refractivity contribution in [3.05, 3.63) is 121 Å². The number of fused-ring (bicyclic) bond motifs is 2. The van der Waals surface area contributed by atoms with Gasteiger partial charge in [0, 0.05) is 9.90 Å². The largest absolute Gasteiger partial charge is 0.489 e. The number of rotatable bonds is 5. The van der Waals surface area contributed by atoms with Crippen molar-refractivity contribution in [3.63, 3.8) is 0 Å². The molecule has 0 spiro atoms. The summed E-state index contributed by atoms with van der Waals surface area (Å²) >= 11 is 7.59. The van der Waals surface area contributed by atoms with Gasteiger partial charge in [-0.2, -0.15) is 0 Å². The number of halogens is 1. The van der Waals surface area contributed by atoms with E-state index in [2.05, 4.69) is 4.98 Å². The number of thiazole rings is 1. The Morgan fingerprint density at radius 2 is 1.78 bits per heavy atom. The van der Waals surface area contributed by atoms with E-state index >= 15 is 0 Å². The monoisotopic (exact) mass is 528 g/mol. The highest BCUT2D eigenvalue weighted by Crippen LogP contribution is 2.43. The molecule has 1 atom stereocenters. The second-order valence-electron chi connectivity index (χ2n) is 8.87. The Bertz CT molecular complexity index is 1690. The van der Waals surface area contributed by atoms with E-state index < -0.39 is 11.9 Å². The Morgan fingerprint density at radius 3 is 2.49 bits per heavy atom. The van der Waals surface area contributed by atoms with Gasteiger partial charge >= 0.3 is 0 Å². The summed E-state index contributed by atoms with van der Waals surface area (Å²) in [6, 6.07) is 21.5. The number of carbonyl (C=O) groups is 1. The van der Waals surface area contributed by atoms with Crippen LogP contribution in [0.3, 0.4) is 0 Å². The summed E-state index contributed by atoms with van der Waals surface area (Å²) in [6.07, 6.45) is 0. The number of anilines is 1. The molecule has 0 saturated heterocycles. The van der Waals surface area contributed by atoms with Crippen LogP contribution in [0.15, 0.2) is 82.0 Å². The summed E-state index contributed by atoms with van der Waals surface area (Å²) in [5.74, 6) is 0.314. The Kier molecular flexibility index (Phi) is 5.82. The topological polar surface area (TPSA) is 72.6 Å². The van der Waals surface area contributed by atoms with E-state index in [0.29, 0.717) is 33.5 Å². The zero-order valence-corrected chi connectivity index (χ0v) is 21.6. The van der Waals surface area contributed by atoms with Crippen LogP contribution in [0.5, 0.6) is 5.75 Å². The number of hydrogen-bond donors (Lipinski definition) is 0. The maximum Gasteiger partial charge on any atom is 0.297 e. The standard InChI is InChI=1S/C29H21ClN2O4S/c1-16-17(2)37-29(31-16)32-25(19-8-11-21(12-9-19)35-15-18-6-4-3-5-7-18)24-26(33)22-14-20(30)10-13-23(22)36-27(24)28(32)34/h3-14,25H,15H2,1-2H3. The molecule has 6 rings (SSSR count). The van der Waals surface area contributed by atoms with E-state index in [0.717, 1.165) is 21.7 Å². The highest BCUT2D eigenvalue weighted by atomic mass is 35.5. The normalized spacial score (nSPS) is 14.8. The SMILES string of the molecule is Cc1nc(N2C(=O)c3oc4ccc(Cl)cc4c(=O)c3C2c2ccc(OCc3ccccc3)cc2)sc1C. The lowest BCUT2D eigenvalue weighted by atomic mass is 9.98. The van der Waals surface area contributed by atoms with E-state index in [1.54, 1.807) is 23.1 Å². The van der Waals surface area contributed by atoms with Gasteiger partial charge in [0.05, 0.1) is 22.7 Å². The maximum atomic E-state index is 13.7. The minimum absolute atomic E-state index is 0.0275. The molecule has 0 fully saturated rings. The van der Waals surface area contributed by atoms with Crippen molar-refractivity contribution in [1.29, 1.82) is 0 Å². The van der Waals surface area contributed by atoms with E-state index in [1.807, 2.05) is 68.4 Å². The summed E-state index contributed by atoms with van der Waals surface area (Å²) in [4.78, 5) is 34.6. The first-order valence-electron chi connectivity index (χ1n) is 11.7. The number of hydrogen-bond acceptors (Lipinski definition) is 6. The maximum absolute atomic E-state index is 13.7. The second-order valence-corrected chi connectivity index (χ2v) is 10.5. The molecule has 184 valence electrons. The third-order valence-corrected chi connectivity index (χ3v) is 7.81. The number of amides is 1. The van der Waals surface area contributed by atoms with Gasteiger partial charge in [0.2, 0.25) is 5.76 Å². The summed E-state index contributed by atoms with van der Waals surface area (Å²) in [5, 5.41) is 1.27. The molecule has 3 aromatic carbocycles. The van der Waals surface area contributed by atoms with E-state index in [4.69, 9.17) is 20.8 Å². The Balaban J connectivity index is 1.45. The van der Waals surface area contributed by atoms with Crippen LogP contribution in [0, 0.1) is 13.8 Å². The highest BCUT2D eigenvalue weighted by Gasteiger charge is 2.45. The van der Waals surface area contributed by atoms with Crippen LogP contribution in [0.1, 0.15) is 43.9 Å². The molecular formula is C29H21ClN2O4S. The highest BCUT2D eigenvalue weighted by molar-refractivity contribution is 7.15. The summed E-state index contributed by atoms with van der Waals surface area (Å²) in [7, 11) is 0. The minimum atomic E-state index is -0.699. The van der Waals surface area contributed by atoms with Crippen LogP contribution >= 0.6 is 22.9 Å². The van der Waals surface area contributed by atoms with E-state index in [1.165, 1.54) is 11.3 Å². The lowest BCUT2D eigenvalue weighted by Gasteiger charge is -2.22. The Hall–Kier alpha value is -3.94. The third-order valence-electron chi connectivity index (χ3n) is 6.50. The zero-order valence-electron chi connectivity index (χ0n) is 20.0. The van der Waals surface area contributed by atoms with Crippen LogP contribution in [0.25, 0.3) is 11.0 Å². The molecule has 37 heavy (non-hydrogen) atoms. The van der Waals surface area contributed by atoms with Gasteiger partial charge in [0.25, 0.3) is 5.91 Å². The van der Waals surface area contributed by atoms with Crippen molar-refractivity contribution >= 4 is 44.9 Å². The third kappa shape index (κ3) is 4.10. The fourth-order valence-corrected chi connectivity index (χ4v) is 5.61. The van der Waals surface area contributed by atoms with Crippen molar-refractivity contribution < 1.29 is 13.9 Å². The average Bonchev–Trinajstić information content (AvgIpc) is 3.39. The molecule has 2 aromatic heterocycles. The predicted octanol–water partition coefficient (Wildman–Crippen LogP) is 6.85. The summed E-state index contributed by atoms with van der Waals surface area (Å²) < 4.78 is 11.9. The summed E-state index contributed by atoms with van der Waals surface area (Å²) in [6.45, 7) is 4.29. The van der Waals surface area contributed by atoms with Gasteiger partial charge in [-0.25, -0.2) is 4.98 Å². The van der Waals surface area contributed by atoms with Crippen molar-refractivity contribution in [2.24, 2.45) is 0 Å². The molecule has 8 heteroatoms. The molecule has 0 aliphatic carbocycles. The van der Waals surface area contributed by atoms with Gasteiger partial charge in [-0.15, -0.1) is 11.3 Å². The number of aryl methyl sites for hydroxylation is 2. The predicted molar refractivity (Wildman–Crippen MR) is 145 cm³/mol. The number of benzene rings is 3. The van der Waals surface area contributed by atoms with E-state index in [-0.39, 0.29) is 16.8 Å². The Labute approximate surface area is 221 Å². The quantitative estimate of drug-likeness (QED) is 0.249. The molecule has 0 N–H and O–H groups in total. The number of aromatic nitrogens is 1. The fourth-order valence-electron chi connectivity index (χ4n) is 4.50. The smallest absolute Gasteiger partial charge is 0.297 e. The molecule has 3 heterocycles. The second kappa shape index (κ2) is 9.18. The molecule has 1 aliphatic rings. The minimum Gasteiger partial charge on any atom is -0.489 e. The van der Waals surface area contributed by atoms with Gasteiger partial charge in [-0.05, 0) is 55.3 Å². The zero-order chi connectivity index (χ0) is 25.7. The molecule has 0 saturated carbocycles. The summed E-state index contributed by atoms with van der Waals surface area (Å²) in [5.41, 5.74) is 2.96. The van der Waals surface area contributed by atoms with Crippen LogP contribution in [-0.2, 0) is 6.61 Å². The lowest BCUT2D eigenvalue weighted by molar-refractivity contribution is 0.0971. The number of carbonyl (C=O) groups excluding carboxylic acids is 1. The van der Waals surface area contributed by atoms with Crippen molar-refractivity contribution in [2.45, 2.75) is 26.5 Å². The molecule has 6 nitrogen and oxygen atoms in total. The van der Waals surface area contributed by atoms with Gasteiger partial charge in [0.15, 0.2) is 10.6 Å². The fraction of sp³-hybridized carbons (Fsp3) is 0.138. The van der Waals surface area contributed by atoms with Crippen LogP contribution in [0.4, 0.5) is 5.13 Å². The number of nitrogens with zero attached hydrogens (tertiary/aromatic N) is 2.